The van der Waals surface area contributed by atoms with Crippen molar-refractivity contribution >= 4 is 11.5 Å². The Labute approximate surface area is 114 Å². The van der Waals surface area contributed by atoms with Gasteiger partial charge in [-0.15, -0.1) is 10.2 Å². The summed E-state index contributed by atoms with van der Waals surface area (Å²) >= 11 is 0. The minimum atomic E-state index is -0.452. The lowest BCUT2D eigenvalue weighted by atomic mass is 10.2. The third-order valence-corrected chi connectivity index (χ3v) is 3.11. The molecule has 0 bridgehead atoms. The molecule has 1 N–H and O–H groups in total. The number of hydrogen-bond acceptors (Lipinski definition) is 7. The Morgan fingerprint density at radius 3 is 2.95 bits per heavy atom. The van der Waals surface area contributed by atoms with E-state index in [1.54, 1.807) is 13.0 Å². The van der Waals surface area contributed by atoms with Gasteiger partial charge in [0, 0.05) is 11.5 Å². The average molecular weight is 275 g/mol. The summed E-state index contributed by atoms with van der Waals surface area (Å²) in [5.74, 6) is 2.15. The Bertz CT molecular complexity index is 650. The van der Waals surface area contributed by atoms with Gasteiger partial charge in [0.2, 0.25) is 11.8 Å². The molecule has 1 aliphatic rings. The van der Waals surface area contributed by atoms with Crippen molar-refractivity contribution in [3.8, 4) is 0 Å². The molecule has 0 amide bonds. The fraction of sp³-hybridized carbons (Fsp3) is 0.417. The predicted octanol–water partition coefficient (Wildman–Crippen LogP) is 2.17. The average Bonchev–Trinajstić information content (AvgIpc) is 3.15. The summed E-state index contributed by atoms with van der Waals surface area (Å²) in [6, 6.07) is 1.62. The number of aromatic nitrogens is 3. The van der Waals surface area contributed by atoms with Gasteiger partial charge in [-0.25, -0.2) is 4.98 Å². The summed E-state index contributed by atoms with van der Waals surface area (Å²) in [6.07, 6.45) is 3.46. The second-order valence-electron chi connectivity index (χ2n) is 4.78. The van der Waals surface area contributed by atoms with Gasteiger partial charge in [-0.05, 0) is 25.8 Å². The number of anilines is 1. The van der Waals surface area contributed by atoms with E-state index in [1.165, 1.54) is 6.20 Å². The van der Waals surface area contributed by atoms with Crippen LogP contribution in [0.5, 0.6) is 0 Å². The van der Waals surface area contributed by atoms with Crippen molar-refractivity contribution < 1.29 is 9.34 Å². The summed E-state index contributed by atoms with van der Waals surface area (Å²) in [4.78, 5) is 14.2. The van der Waals surface area contributed by atoms with E-state index in [1.807, 2.05) is 0 Å². The van der Waals surface area contributed by atoms with E-state index in [0.717, 1.165) is 12.8 Å². The zero-order chi connectivity index (χ0) is 14.1. The molecule has 2 aromatic heterocycles. The van der Waals surface area contributed by atoms with Crippen molar-refractivity contribution in [3.05, 3.63) is 39.7 Å². The Balaban J connectivity index is 1.65. The van der Waals surface area contributed by atoms with Gasteiger partial charge in [0.05, 0.1) is 11.5 Å². The van der Waals surface area contributed by atoms with Gasteiger partial charge in [-0.3, -0.25) is 10.1 Å². The first-order valence-corrected chi connectivity index (χ1v) is 6.30. The van der Waals surface area contributed by atoms with E-state index in [-0.39, 0.29) is 5.69 Å². The number of hydrogen-bond donors (Lipinski definition) is 1. The number of aryl methyl sites for hydroxylation is 1. The lowest BCUT2D eigenvalue weighted by molar-refractivity contribution is -0.385. The third-order valence-electron chi connectivity index (χ3n) is 3.11. The number of nitro groups is 1. The fourth-order valence-corrected chi connectivity index (χ4v) is 1.84. The molecule has 3 rings (SSSR count). The van der Waals surface area contributed by atoms with Crippen LogP contribution in [0.2, 0.25) is 0 Å². The maximum absolute atomic E-state index is 10.7. The SMILES string of the molecule is Cc1cc(NCc2nnc(C3CC3)o2)ncc1[N+](=O)[O-]. The van der Waals surface area contributed by atoms with E-state index < -0.39 is 4.92 Å². The van der Waals surface area contributed by atoms with Gasteiger partial charge in [0.15, 0.2) is 0 Å². The molecule has 2 heterocycles. The van der Waals surface area contributed by atoms with Crippen LogP contribution in [0.25, 0.3) is 0 Å². The molecule has 0 unspecified atom stereocenters. The maximum atomic E-state index is 10.7. The number of rotatable bonds is 5. The second kappa shape index (κ2) is 4.87. The predicted molar refractivity (Wildman–Crippen MR) is 69.2 cm³/mol. The molecule has 20 heavy (non-hydrogen) atoms. The molecular weight excluding hydrogens is 262 g/mol. The van der Waals surface area contributed by atoms with Gasteiger partial charge < -0.3 is 9.73 Å². The molecule has 8 heteroatoms. The van der Waals surface area contributed by atoms with Crippen LogP contribution < -0.4 is 5.32 Å². The Hall–Kier alpha value is -2.51. The Morgan fingerprint density at radius 2 is 2.30 bits per heavy atom. The Kier molecular flexibility index (Phi) is 3.05. The van der Waals surface area contributed by atoms with E-state index >= 15 is 0 Å². The first-order chi connectivity index (χ1) is 9.63. The monoisotopic (exact) mass is 275 g/mol. The molecular formula is C12H13N5O3. The van der Waals surface area contributed by atoms with Crippen LogP contribution in [-0.2, 0) is 6.54 Å². The van der Waals surface area contributed by atoms with E-state index in [4.69, 9.17) is 4.42 Å². The van der Waals surface area contributed by atoms with Crippen molar-refractivity contribution in [3.63, 3.8) is 0 Å². The van der Waals surface area contributed by atoms with Crippen LogP contribution >= 0.6 is 0 Å². The molecule has 0 aromatic carbocycles. The topological polar surface area (TPSA) is 107 Å². The van der Waals surface area contributed by atoms with Crippen LogP contribution in [0.1, 0.15) is 36.1 Å². The van der Waals surface area contributed by atoms with E-state index in [0.29, 0.717) is 35.6 Å². The second-order valence-corrected chi connectivity index (χ2v) is 4.78. The molecule has 8 nitrogen and oxygen atoms in total. The zero-order valence-electron chi connectivity index (χ0n) is 10.9. The van der Waals surface area contributed by atoms with Crippen LogP contribution in [0.15, 0.2) is 16.7 Å². The standard InChI is InChI=1S/C12H13N5O3/c1-7-4-10(13-5-9(7)17(18)19)14-6-11-15-16-12(20-11)8-2-3-8/h4-5,8H,2-3,6H2,1H3,(H,13,14). The highest BCUT2D eigenvalue weighted by atomic mass is 16.6. The molecule has 0 spiro atoms. The highest BCUT2D eigenvalue weighted by molar-refractivity contribution is 5.46. The summed E-state index contributed by atoms with van der Waals surface area (Å²) in [5, 5.41) is 21.6. The molecule has 0 saturated heterocycles. The number of nitrogens with one attached hydrogen (secondary N) is 1. The number of pyridine rings is 1. The Morgan fingerprint density at radius 1 is 1.50 bits per heavy atom. The highest BCUT2D eigenvalue weighted by Crippen LogP contribution is 2.39. The fourth-order valence-electron chi connectivity index (χ4n) is 1.84. The summed E-state index contributed by atoms with van der Waals surface area (Å²) in [6.45, 7) is 2.02. The lowest BCUT2D eigenvalue weighted by Crippen LogP contribution is -2.03. The van der Waals surface area contributed by atoms with Gasteiger partial charge in [-0.2, -0.15) is 0 Å². The summed E-state index contributed by atoms with van der Waals surface area (Å²) < 4.78 is 5.50. The van der Waals surface area contributed by atoms with Gasteiger partial charge in [0.1, 0.15) is 12.0 Å². The zero-order valence-corrected chi connectivity index (χ0v) is 10.9. The third kappa shape index (κ3) is 2.58. The van der Waals surface area contributed by atoms with Crippen LogP contribution in [0.4, 0.5) is 11.5 Å². The molecule has 104 valence electrons. The largest absolute Gasteiger partial charge is 0.423 e. The van der Waals surface area contributed by atoms with Crippen LogP contribution in [0.3, 0.4) is 0 Å². The molecule has 2 aromatic rings. The molecule has 1 saturated carbocycles. The summed E-state index contributed by atoms with van der Waals surface area (Å²) in [5.41, 5.74) is 0.557. The molecule has 0 radical (unpaired) electrons. The molecule has 0 aliphatic heterocycles. The van der Waals surface area contributed by atoms with Gasteiger partial charge in [-0.1, -0.05) is 0 Å². The van der Waals surface area contributed by atoms with Crippen LogP contribution in [0, 0.1) is 17.0 Å². The lowest BCUT2D eigenvalue weighted by Gasteiger charge is -2.03. The first-order valence-electron chi connectivity index (χ1n) is 6.30. The quantitative estimate of drug-likeness (QED) is 0.658. The first kappa shape index (κ1) is 12.5. The van der Waals surface area contributed by atoms with Crippen molar-refractivity contribution in [1.82, 2.24) is 15.2 Å². The maximum Gasteiger partial charge on any atom is 0.290 e. The van der Waals surface area contributed by atoms with Crippen molar-refractivity contribution in [2.45, 2.75) is 32.2 Å². The smallest absolute Gasteiger partial charge is 0.290 e. The molecule has 1 aliphatic carbocycles. The minimum Gasteiger partial charge on any atom is -0.423 e. The molecule has 1 fully saturated rings. The van der Waals surface area contributed by atoms with Gasteiger partial charge >= 0.3 is 0 Å². The van der Waals surface area contributed by atoms with Crippen molar-refractivity contribution in [2.24, 2.45) is 0 Å². The normalized spacial score (nSPS) is 14.2. The van der Waals surface area contributed by atoms with Crippen LogP contribution in [-0.4, -0.2) is 20.1 Å². The van der Waals surface area contributed by atoms with Gasteiger partial charge in [0.25, 0.3) is 5.69 Å². The van der Waals surface area contributed by atoms with Crippen molar-refractivity contribution in [2.75, 3.05) is 5.32 Å². The summed E-state index contributed by atoms with van der Waals surface area (Å²) in [7, 11) is 0. The van der Waals surface area contributed by atoms with Crippen molar-refractivity contribution in [1.29, 1.82) is 0 Å². The minimum absolute atomic E-state index is 0.00404. The van der Waals surface area contributed by atoms with E-state index in [9.17, 15) is 10.1 Å². The highest BCUT2D eigenvalue weighted by Gasteiger charge is 2.29. The number of nitrogens with zero attached hydrogens (tertiary/aromatic N) is 4. The molecule has 0 atom stereocenters. The van der Waals surface area contributed by atoms with E-state index in [2.05, 4.69) is 20.5 Å².